The first-order valence-electron chi connectivity index (χ1n) is 6.08. The Bertz CT molecular complexity index is 501. The molecule has 0 aliphatic carbocycles. The van der Waals surface area contributed by atoms with E-state index in [0.717, 1.165) is 47.8 Å². The number of nitrogens with one attached hydrogen (secondary N) is 1. The minimum atomic E-state index is -0.237. The van der Waals surface area contributed by atoms with Crippen LogP contribution in [0.3, 0.4) is 0 Å². The summed E-state index contributed by atoms with van der Waals surface area (Å²) in [5.41, 5.74) is 0.724. The maximum Gasteiger partial charge on any atom is 0.183 e. The zero-order valence-corrected chi connectivity index (χ0v) is 11.2. The van der Waals surface area contributed by atoms with Crippen molar-refractivity contribution in [1.82, 2.24) is 4.98 Å². The molecule has 98 valence electrons. The lowest BCUT2D eigenvalue weighted by Gasteiger charge is -2.01. The number of methoxy groups -OCH3 is 1. The van der Waals surface area contributed by atoms with Crippen molar-refractivity contribution in [2.75, 3.05) is 25.6 Å². The first-order chi connectivity index (χ1) is 8.79. The first-order valence-corrected chi connectivity index (χ1v) is 6.90. The average Bonchev–Trinajstić information content (AvgIpc) is 2.75. The Morgan fingerprint density at radius 2 is 2.22 bits per heavy atom. The number of thiazole rings is 1. The number of halogens is 1. The van der Waals surface area contributed by atoms with E-state index in [9.17, 15) is 4.39 Å². The van der Waals surface area contributed by atoms with Crippen LogP contribution in [0.15, 0.2) is 18.2 Å². The zero-order valence-electron chi connectivity index (χ0n) is 10.4. The van der Waals surface area contributed by atoms with E-state index >= 15 is 0 Å². The monoisotopic (exact) mass is 268 g/mol. The molecule has 0 aliphatic rings. The predicted octanol–water partition coefficient (Wildman–Crippen LogP) is 3.66. The van der Waals surface area contributed by atoms with Crippen LogP contribution in [0, 0.1) is 5.82 Å². The smallest absolute Gasteiger partial charge is 0.183 e. The maximum absolute atomic E-state index is 13.0. The minimum Gasteiger partial charge on any atom is -0.385 e. The molecule has 3 nitrogen and oxygen atoms in total. The van der Waals surface area contributed by atoms with E-state index in [1.807, 2.05) is 0 Å². The van der Waals surface area contributed by atoms with Crippen LogP contribution in [0.1, 0.15) is 19.3 Å². The molecule has 18 heavy (non-hydrogen) atoms. The number of aromatic nitrogens is 1. The standard InChI is InChI=1S/C13H17FN2OS/c1-17-8-4-2-3-7-15-13-16-11-9-10(14)5-6-12(11)18-13/h5-6,9H,2-4,7-8H2,1H3,(H,15,16). The Kier molecular flexibility index (Phi) is 4.90. The SMILES string of the molecule is COCCCCCNc1nc2cc(F)ccc2s1. The third-order valence-corrected chi connectivity index (χ3v) is 3.65. The molecule has 5 heteroatoms. The summed E-state index contributed by atoms with van der Waals surface area (Å²) >= 11 is 1.56. The molecule has 0 saturated heterocycles. The molecule has 0 spiro atoms. The Labute approximate surface area is 110 Å². The molecule has 0 fully saturated rings. The van der Waals surface area contributed by atoms with Crippen LogP contribution in [0.5, 0.6) is 0 Å². The van der Waals surface area contributed by atoms with Crippen LogP contribution in [0.25, 0.3) is 10.2 Å². The Morgan fingerprint density at radius 1 is 1.33 bits per heavy atom. The summed E-state index contributed by atoms with van der Waals surface area (Å²) in [5, 5.41) is 4.14. The second-order valence-electron chi connectivity index (χ2n) is 4.11. The van der Waals surface area contributed by atoms with Gasteiger partial charge in [0.15, 0.2) is 5.13 Å². The van der Waals surface area contributed by atoms with Gasteiger partial charge >= 0.3 is 0 Å². The van der Waals surface area contributed by atoms with Gasteiger partial charge in [-0.2, -0.15) is 0 Å². The molecule has 0 aliphatic heterocycles. The minimum absolute atomic E-state index is 0.237. The molecule has 1 N–H and O–H groups in total. The van der Waals surface area contributed by atoms with Crippen molar-refractivity contribution in [3.63, 3.8) is 0 Å². The number of hydrogen-bond acceptors (Lipinski definition) is 4. The van der Waals surface area contributed by atoms with Crippen molar-refractivity contribution < 1.29 is 9.13 Å². The van der Waals surface area contributed by atoms with Crippen LogP contribution in [-0.4, -0.2) is 25.2 Å². The fraction of sp³-hybridized carbons (Fsp3) is 0.462. The highest BCUT2D eigenvalue weighted by molar-refractivity contribution is 7.22. The summed E-state index contributed by atoms with van der Waals surface area (Å²) in [5.74, 6) is -0.237. The van der Waals surface area contributed by atoms with Crippen LogP contribution in [0.4, 0.5) is 9.52 Å². The highest BCUT2D eigenvalue weighted by Crippen LogP contribution is 2.26. The number of anilines is 1. The maximum atomic E-state index is 13.0. The molecule has 0 saturated carbocycles. The third-order valence-electron chi connectivity index (χ3n) is 2.65. The van der Waals surface area contributed by atoms with Crippen molar-refractivity contribution in [3.05, 3.63) is 24.0 Å². The van der Waals surface area contributed by atoms with Crippen molar-refractivity contribution in [1.29, 1.82) is 0 Å². The summed E-state index contributed by atoms with van der Waals surface area (Å²) in [6.07, 6.45) is 3.32. The molecule has 0 atom stereocenters. The van der Waals surface area contributed by atoms with Gasteiger partial charge in [-0.25, -0.2) is 9.37 Å². The first kappa shape index (κ1) is 13.2. The van der Waals surface area contributed by atoms with E-state index in [2.05, 4.69) is 10.3 Å². The van der Waals surface area contributed by atoms with Gasteiger partial charge in [-0.3, -0.25) is 0 Å². The summed E-state index contributed by atoms with van der Waals surface area (Å²) < 4.78 is 19.0. The molecule has 2 rings (SSSR count). The Balaban J connectivity index is 1.81. The number of hydrogen-bond donors (Lipinski definition) is 1. The molecule has 2 aromatic rings. The van der Waals surface area contributed by atoms with Crippen LogP contribution >= 0.6 is 11.3 Å². The summed E-state index contributed by atoms with van der Waals surface area (Å²) in [6.45, 7) is 1.71. The van der Waals surface area contributed by atoms with Crippen LogP contribution in [-0.2, 0) is 4.74 Å². The molecule has 0 unspecified atom stereocenters. The quantitative estimate of drug-likeness (QED) is 0.778. The van der Waals surface area contributed by atoms with Gasteiger partial charge in [-0.15, -0.1) is 0 Å². The highest BCUT2D eigenvalue weighted by Gasteiger charge is 2.03. The molecular formula is C13H17FN2OS. The predicted molar refractivity (Wildman–Crippen MR) is 73.8 cm³/mol. The lowest BCUT2D eigenvalue weighted by Crippen LogP contribution is -2.01. The Morgan fingerprint density at radius 3 is 3.06 bits per heavy atom. The van der Waals surface area contributed by atoms with Gasteiger partial charge < -0.3 is 10.1 Å². The lowest BCUT2D eigenvalue weighted by atomic mass is 10.2. The number of ether oxygens (including phenoxy) is 1. The van der Waals surface area contributed by atoms with E-state index in [1.165, 1.54) is 12.1 Å². The van der Waals surface area contributed by atoms with Crippen molar-refractivity contribution >= 4 is 26.7 Å². The average molecular weight is 268 g/mol. The Hall–Kier alpha value is -1.20. The molecular weight excluding hydrogens is 251 g/mol. The van der Waals surface area contributed by atoms with E-state index < -0.39 is 0 Å². The topological polar surface area (TPSA) is 34.1 Å². The molecule has 1 aromatic heterocycles. The van der Waals surface area contributed by atoms with Gasteiger partial charge in [0.25, 0.3) is 0 Å². The fourth-order valence-corrected chi connectivity index (χ4v) is 2.59. The number of unbranched alkanes of at least 4 members (excludes halogenated alkanes) is 2. The molecule has 0 amide bonds. The second kappa shape index (κ2) is 6.66. The summed E-state index contributed by atoms with van der Waals surface area (Å²) in [7, 11) is 1.72. The van der Waals surface area contributed by atoms with Gasteiger partial charge in [0.1, 0.15) is 5.82 Å². The highest BCUT2D eigenvalue weighted by atomic mass is 32.1. The second-order valence-corrected chi connectivity index (χ2v) is 5.14. The van der Waals surface area contributed by atoms with E-state index in [0.29, 0.717) is 0 Å². The molecule has 1 heterocycles. The van der Waals surface area contributed by atoms with Gasteiger partial charge in [0.05, 0.1) is 10.2 Å². The van der Waals surface area contributed by atoms with E-state index in [4.69, 9.17) is 4.74 Å². The summed E-state index contributed by atoms with van der Waals surface area (Å²) in [6, 6.07) is 4.71. The molecule has 1 aromatic carbocycles. The number of rotatable bonds is 7. The summed E-state index contributed by atoms with van der Waals surface area (Å²) in [4.78, 5) is 4.35. The van der Waals surface area contributed by atoms with Gasteiger partial charge in [0, 0.05) is 26.3 Å². The molecule has 0 bridgehead atoms. The van der Waals surface area contributed by atoms with Crippen molar-refractivity contribution in [2.24, 2.45) is 0 Å². The number of benzene rings is 1. The van der Waals surface area contributed by atoms with Crippen LogP contribution < -0.4 is 5.32 Å². The number of nitrogens with zero attached hydrogens (tertiary/aromatic N) is 1. The largest absolute Gasteiger partial charge is 0.385 e. The van der Waals surface area contributed by atoms with Gasteiger partial charge in [-0.1, -0.05) is 11.3 Å². The lowest BCUT2D eigenvalue weighted by molar-refractivity contribution is 0.192. The van der Waals surface area contributed by atoms with Gasteiger partial charge in [0.2, 0.25) is 0 Å². The zero-order chi connectivity index (χ0) is 12.8. The fourth-order valence-electron chi connectivity index (χ4n) is 1.72. The van der Waals surface area contributed by atoms with Crippen LogP contribution in [0.2, 0.25) is 0 Å². The van der Waals surface area contributed by atoms with E-state index in [1.54, 1.807) is 24.5 Å². The third kappa shape index (κ3) is 3.65. The van der Waals surface area contributed by atoms with Crippen molar-refractivity contribution in [3.8, 4) is 0 Å². The van der Waals surface area contributed by atoms with Gasteiger partial charge in [-0.05, 0) is 31.4 Å². The normalized spacial score (nSPS) is 11.0. The van der Waals surface area contributed by atoms with Crippen molar-refractivity contribution in [2.45, 2.75) is 19.3 Å². The molecule has 0 radical (unpaired) electrons. The van der Waals surface area contributed by atoms with E-state index in [-0.39, 0.29) is 5.82 Å². The number of fused-ring (bicyclic) bond motifs is 1.